The number of para-hydroxylation sites is 1. The van der Waals surface area contributed by atoms with Crippen LogP contribution in [0, 0.1) is 13.8 Å². The summed E-state index contributed by atoms with van der Waals surface area (Å²) in [5.41, 5.74) is 4.38. The third-order valence-electron chi connectivity index (χ3n) is 4.95. The molecule has 0 unspecified atom stereocenters. The average Bonchev–Trinajstić information content (AvgIpc) is 2.63. The molecule has 6 nitrogen and oxygen atoms in total. The number of anilines is 2. The van der Waals surface area contributed by atoms with E-state index < -0.39 is 0 Å². The average molecular weight is 376 g/mol. The van der Waals surface area contributed by atoms with E-state index in [1.807, 2.05) is 0 Å². The molecule has 3 rings (SSSR count). The predicted molar refractivity (Wildman–Crippen MR) is 108 cm³/mol. The number of aryl methyl sites for hydroxylation is 3. The molecule has 1 saturated heterocycles. The van der Waals surface area contributed by atoms with Gasteiger partial charge in [0.05, 0.1) is 11.9 Å². The molecule has 1 aromatic heterocycles. The Morgan fingerprint density at radius 1 is 1.15 bits per heavy atom. The Bertz CT molecular complexity index is 807. The van der Waals surface area contributed by atoms with Gasteiger partial charge in [0.15, 0.2) is 0 Å². The van der Waals surface area contributed by atoms with Crippen molar-refractivity contribution in [2.24, 2.45) is 7.05 Å². The minimum atomic E-state index is -0.279. The highest BCUT2D eigenvalue weighted by Crippen LogP contribution is 2.25. The van der Waals surface area contributed by atoms with Gasteiger partial charge in [0.2, 0.25) is 0 Å². The highest BCUT2D eigenvalue weighted by atomic mass is 35.5. The minimum Gasteiger partial charge on any atom is -0.381 e. The van der Waals surface area contributed by atoms with Crippen LogP contribution in [-0.4, -0.2) is 53.9 Å². The van der Waals surface area contributed by atoms with Gasteiger partial charge >= 0.3 is 0 Å². The third-order valence-corrected chi connectivity index (χ3v) is 5.31. The summed E-state index contributed by atoms with van der Waals surface area (Å²) < 4.78 is 1.24. The molecule has 1 aliphatic heterocycles. The molecule has 2 aromatic rings. The van der Waals surface area contributed by atoms with Crippen molar-refractivity contribution < 1.29 is 0 Å². The fourth-order valence-electron chi connectivity index (χ4n) is 3.48. The molecule has 1 aliphatic rings. The lowest BCUT2D eigenvalue weighted by atomic mass is 10.1. The number of nitrogens with zero attached hydrogens (tertiary/aromatic N) is 4. The maximum Gasteiger partial charge on any atom is 0.287 e. The molecule has 1 aromatic carbocycles. The Morgan fingerprint density at radius 3 is 2.46 bits per heavy atom. The predicted octanol–water partition coefficient (Wildman–Crippen LogP) is 2.28. The molecule has 0 amide bonds. The van der Waals surface area contributed by atoms with E-state index in [0.29, 0.717) is 5.69 Å². The Morgan fingerprint density at radius 2 is 1.81 bits per heavy atom. The molecule has 0 radical (unpaired) electrons. The number of nitrogens with one attached hydrogen (secondary N) is 1. The van der Waals surface area contributed by atoms with Gasteiger partial charge in [-0.15, -0.1) is 0 Å². The van der Waals surface area contributed by atoms with Crippen molar-refractivity contribution in [1.82, 2.24) is 14.7 Å². The number of hydrogen-bond donors (Lipinski definition) is 1. The summed E-state index contributed by atoms with van der Waals surface area (Å²) in [4.78, 5) is 16.7. The van der Waals surface area contributed by atoms with E-state index >= 15 is 0 Å². The summed E-state index contributed by atoms with van der Waals surface area (Å²) in [5.74, 6) is 0. The molecule has 2 heterocycles. The second kappa shape index (κ2) is 8.10. The van der Waals surface area contributed by atoms with Crippen molar-refractivity contribution in [3.63, 3.8) is 0 Å². The highest BCUT2D eigenvalue weighted by molar-refractivity contribution is 6.32. The van der Waals surface area contributed by atoms with Gasteiger partial charge in [0.1, 0.15) is 5.02 Å². The van der Waals surface area contributed by atoms with E-state index in [-0.39, 0.29) is 10.6 Å². The molecular weight excluding hydrogens is 350 g/mol. The van der Waals surface area contributed by atoms with Gasteiger partial charge in [0, 0.05) is 52.0 Å². The zero-order chi connectivity index (χ0) is 18.7. The number of aromatic nitrogens is 2. The van der Waals surface area contributed by atoms with Crippen LogP contribution in [0.1, 0.15) is 11.1 Å². The van der Waals surface area contributed by atoms with Crippen LogP contribution in [0.15, 0.2) is 29.2 Å². The zero-order valence-corrected chi connectivity index (χ0v) is 16.4. The van der Waals surface area contributed by atoms with Gasteiger partial charge in [-0.05, 0) is 25.0 Å². The fourth-order valence-corrected chi connectivity index (χ4v) is 3.72. The maximum absolute atomic E-state index is 11.8. The van der Waals surface area contributed by atoms with Crippen molar-refractivity contribution in [1.29, 1.82) is 0 Å². The quantitative estimate of drug-likeness (QED) is 0.869. The lowest BCUT2D eigenvalue weighted by Gasteiger charge is -2.37. The first-order valence-electron chi connectivity index (χ1n) is 8.96. The van der Waals surface area contributed by atoms with Crippen molar-refractivity contribution in [3.8, 4) is 0 Å². The lowest BCUT2D eigenvalue weighted by molar-refractivity contribution is 0.267. The van der Waals surface area contributed by atoms with Crippen LogP contribution in [0.5, 0.6) is 0 Å². The Balaban J connectivity index is 1.51. The summed E-state index contributed by atoms with van der Waals surface area (Å²) in [6.45, 7) is 10.1. The van der Waals surface area contributed by atoms with Crippen LogP contribution < -0.4 is 15.8 Å². The van der Waals surface area contributed by atoms with Crippen LogP contribution in [0.2, 0.25) is 5.02 Å². The minimum absolute atomic E-state index is 0.197. The number of benzene rings is 1. The fraction of sp³-hybridized carbons (Fsp3) is 0.474. The summed E-state index contributed by atoms with van der Waals surface area (Å²) >= 11 is 6.08. The number of hydrogen-bond acceptors (Lipinski definition) is 5. The first kappa shape index (κ1) is 18.7. The van der Waals surface area contributed by atoms with Crippen molar-refractivity contribution in [2.75, 3.05) is 49.5 Å². The van der Waals surface area contributed by atoms with Crippen molar-refractivity contribution in [3.05, 3.63) is 50.9 Å². The van der Waals surface area contributed by atoms with E-state index in [9.17, 15) is 4.79 Å². The van der Waals surface area contributed by atoms with Gasteiger partial charge in [0.25, 0.3) is 5.56 Å². The number of piperazine rings is 1. The van der Waals surface area contributed by atoms with Crippen LogP contribution in [0.25, 0.3) is 0 Å². The monoisotopic (exact) mass is 375 g/mol. The number of halogens is 1. The van der Waals surface area contributed by atoms with E-state index in [0.717, 1.165) is 39.3 Å². The molecule has 0 bridgehead atoms. The maximum atomic E-state index is 11.8. The molecule has 0 aliphatic carbocycles. The van der Waals surface area contributed by atoms with Gasteiger partial charge in [-0.3, -0.25) is 9.69 Å². The van der Waals surface area contributed by atoms with Crippen LogP contribution in [0.3, 0.4) is 0 Å². The van der Waals surface area contributed by atoms with E-state index in [1.54, 1.807) is 13.2 Å². The van der Waals surface area contributed by atoms with E-state index in [2.05, 4.69) is 52.3 Å². The molecule has 140 valence electrons. The Labute approximate surface area is 159 Å². The molecule has 0 saturated carbocycles. The third kappa shape index (κ3) is 4.02. The van der Waals surface area contributed by atoms with Crippen molar-refractivity contribution >= 4 is 23.0 Å². The van der Waals surface area contributed by atoms with Gasteiger partial charge < -0.3 is 10.2 Å². The van der Waals surface area contributed by atoms with E-state index in [4.69, 9.17) is 11.6 Å². The summed E-state index contributed by atoms with van der Waals surface area (Å²) in [5, 5.41) is 7.42. The standard InChI is InChI=1S/C19H26ClN5O/c1-14-5-4-6-15(2)18(14)25-11-9-24(10-12-25)8-7-21-16-13-22-23(3)19(26)17(16)20/h4-6,13,21H,7-12H2,1-3H3. The van der Waals surface area contributed by atoms with Crippen molar-refractivity contribution in [2.45, 2.75) is 13.8 Å². The largest absolute Gasteiger partial charge is 0.381 e. The van der Waals surface area contributed by atoms with Gasteiger partial charge in [-0.25, -0.2) is 4.68 Å². The summed E-state index contributed by atoms with van der Waals surface area (Å²) in [6.07, 6.45) is 1.60. The van der Waals surface area contributed by atoms with Crippen LogP contribution in [-0.2, 0) is 7.05 Å². The first-order chi connectivity index (χ1) is 12.5. The smallest absolute Gasteiger partial charge is 0.287 e. The molecule has 0 spiro atoms. The SMILES string of the molecule is Cc1cccc(C)c1N1CCN(CCNc2cnn(C)c(=O)c2Cl)CC1. The molecule has 1 fully saturated rings. The second-order valence-electron chi connectivity index (χ2n) is 6.80. The normalized spacial score (nSPS) is 15.3. The Hall–Kier alpha value is -2.05. The zero-order valence-electron chi connectivity index (χ0n) is 15.6. The van der Waals surface area contributed by atoms with E-state index in [1.165, 1.54) is 21.5 Å². The van der Waals surface area contributed by atoms with Crippen LogP contribution >= 0.6 is 11.6 Å². The number of rotatable bonds is 5. The van der Waals surface area contributed by atoms with Gasteiger partial charge in [-0.1, -0.05) is 29.8 Å². The highest BCUT2D eigenvalue weighted by Gasteiger charge is 2.19. The summed E-state index contributed by atoms with van der Waals surface area (Å²) in [6, 6.07) is 6.48. The molecule has 0 atom stereocenters. The molecule has 7 heteroatoms. The topological polar surface area (TPSA) is 53.4 Å². The molecule has 1 N–H and O–H groups in total. The molecular formula is C19H26ClN5O. The second-order valence-corrected chi connectivity index (χ2v) is 7.17. The lowest BCUT2D eigenvalue weighted by Crippen LogP contribution is -2.48. The molecule has 26 heavy (non-hydrogen) atoms. The van der Waals surface area contributed by atoms with Crippen LogP contribution in [0.4, 0.5) is 11.4 Å². The first-order valence-corrected chi connectivity index (χ1v) is 9.34. The summed E-state index contributed by atoms with van der Waals surface area (Å²) in [7, 11) is 1.59. The van der Waals surface area contributed by atoms with Gasteiger partial charge in [-0.2, -0.15) is 5.10 Å². The Kier molecular flexibility index (Phi) is 5.84.